The summed E-state index contributed by atoms with van der Waals surface area (Å²) >= 11 is 0. The van der Waals surface area contributed by atoms with E-state index in [9.17, 15) is 9.59 Å². The monoisotopic (exact) mass is 230 g/mol. The third-order valence-electron chi connectivity index (χ3n) is 1.83. The van der Waals surface area contributed by atoms with Gasteiger partial charge in [-0.25, -0.2) is 9.59 Å². The highest BCUT2D eigenvalue weighted by atomic mass is 16.4. The molecule has 0 amide bonds. The molecular formula is C12H22O4. The largest absolute Gasteiger partial charge is 0.478 e. The molecule has 2 N–H and O–H groups in total. The number of carbonyl (C=O) groups is 2. The van der Waals surface area contributed by atoms with Gasteiger partial charge in [0.05, 0.1) is 0 Å². The van der Waals surface area contributed by atoms with Crippen LogP contribution >= 0.6 is 0 Å². The van der Waals surface area contributed by atoms with Crippen molar-refractivity contribution >= 4 is 11.9 Å². The standard InChI is InChI=1S/C8H18.C4H4O4/c1-3-5-7-8-6-4-2;5-3(6)1-2-4(7)8/h3-8H2,1-2H3;1-2H,(H,5,6)(H,7,8)/b;2-1+. The van der Waals surface area contributed by atoms with Crippen molar-refractivity contribution in [3.8, 4) is 0 Å². The van der Waals surface area contributed by atoms with Crippen LogP contribution in [0.2, 0.25) is 0 Å². The molecule has 0 aliphatic heterocycles. The van der Waals surface area contributed by atoms with Crippen LogP contribution in [0.3, 0.4) is 0 Å². The third kappa shape index (κ3) is 23.0. The molecule has 0 unspecified atom stereocenters. The maximum Gasteiger partial charge on any atom is 0.328 e. The number of aliphatic carboxylic acids is 2. The Hall–Kier alpha value is -1.32. The van der Waals surface area contributed by atoms with E-state index in [0.717, 1.165) is 0 Å². The lowest BCUT2D eigenvalue weighted by atomic mass is 10.1. The molecule has 0 rings (SSSR count). The van der Waals surface area contributed by atoms with Crippen LogP contribution in [0.15, 0.2) is 12.2 Å². The number of unbranched alkanes of at least 4 members (excludes halogenated alkanes) is 5. The minimum Gasteiger partial charge on any atom is -0.478 e. The normalized spacial score (nSPS) is 9.62. The summed E-state index contributed by atoms with van der Waals surface area (Å²) in [6, 6.07) is 0. The highest BCUT2D eigenvalue weighted by Crippen LogP contribution is 2.03. The van der Waals surface area contributed by atoms with Crippen LogP contribution in [0.5, 0.6) is 0 Å². The molecule has 0 aromatic carbocycles. The molecule has 0 bridgehead atoms. The van der Waals surface area contributed by atoms with Crippen molar-refractivity contribution in [2.45, 2.75) is 52.4 Å². The molecule has 0 fully saturated rings. The van der Waals surface area contributed by atoms with E-state index in [-0.39, 0.29) is 0 Å². The smallest absolute Gasteiger partial charge is 0.328 e. The van der Waals surface area contributed by atoms with Crippen molar-refractivity contribution in [3.05, 3.63) is 12.2 Å². The van der Waals surface area contributed by atoms with Gasteiger partial charge in [-0.1, -0.05) is 52.4 Å². The zero-order chi connectivity index (χ0) is 12.8. The summed E-state index contributed by atoms with van der Waals surface area (Å²) in [7, 11) is 0. The number of hydrogen-bond donors (Lipinski definition) is 2. The number of carboxylic acids is 2. The van der Waals surface area contributed by atoms with Crippen molar-refractivity contribution < 1.29 is 19.8 Å². The van der Waals surface area contributed by atoms with Gasteiger partial charge in [0.2, 0.25) is 0 Å². The van der Waals surface area contributed by atoms with Crippen molar-refractivity contribution in [1.29, 1.82) is 0 Å². The maximum absolute atomic E-state index is 9.55. The molecule has 0 saturated heterocycles. The molecule has 0 spiro atoms. The zero-order valence-corrected chi connectivity index (χ0v) is 10.1. The molecule has 0 atom stereocenters. The zero-order valence-electron chi connectivity index (χ0n) is 10.1. The molecule has 0 aromatic heterocycles. The van der Waals surface area contributed by atoms with E-state index < -0.39 is 11.9 Å². The number of carboxylic acid groups (broad SMARTS) is 2. The molecular weight excluding hydrogens is 208 g/mol. The summed E-state index contributed by atoms with van der Waals surface area (Å²) in [6.45, 7) is 4.51. The third-order valence-corrected chi connectivity index (χ3v) is 1.83. The first kappa shape index (κ1) is 17.1. The van der Waals surface area contributed by atoms with E-state index in [0.29, 0.717) is 12.2 Å². The van der Waals surface area contributed by atoms with Crippen LogP contribution in [-0.4, -0.2) is 22.2 Å². The molecule has 0 radical (unpaired) electrons. The van der Waals surface area contributed by atoms with Gasteiger partial charge in [0.15, 0.2) is 0 Å². The Morgan fingerprint density at radius 2 is 1.12 bits per heavy atom. The highest BCUT2D eigenvalue weighted by molar-refractivity contribution is 5.89. The van der Waals surface area contributed by atoms with Crippen LogP contribution in [0, 0.1) is 0 Å². The predicted octanol–water partition coefficient (Wildman–Crippen LogP) is 3.08. The van der Waals surface area contributed by atoms with Crippen LogP contribution in [0.25, 0.3) is 0 Å². The SMILES string of the molecule is CCCCCCCC.O=C(O)/C=C/C(=O)O. The van der Waals surface area contributed by atoms with E-state index >= 15 is 0 Å². The second-order valence-corrected chi connectivity index (χ2v) is 3.42. The highest BCUT2D eigenvalue weighted by Gasteiger charge is 1.88. The van der Waals surface area contributed by atoms with Gasteiger partial charge in [0, 0.05) is 12.2 Å². The van der Waals surface area contributed by atoms with E-state index in [4.69, 9.17) is 10.2 Å². The molecule has 4 heteroatoms. The van der Waals surface area contributed by atoms with Crippen molar-refractivity contribution in [2.24, 2.45) is 0 Å². The fourth-order valence-corrected chi connectivity index (χ4v) is 0.996. The summed E-state index contributed by atoms with van der Waals surface area (Å²) in [5.74, 6) is -2.51. The van der Waals surface area contributed by atoms with Gasteiger partial charge < -0.3 is 10.2 Å². The van der Waals surface area contributed by atoms with Gasteiger partial charge in [0.1, 0.15) is 0 Å². The predicted molar refractivity (Wildman–Crippen MR) is 63.5 cm³/mol. The number of hydrogen-bond acceptors (Lipinski definition) is 2. The Morgan fingerprint density at radius 1 is 0.812 bits per heavy atom. The summed E-state index contributed by atoms with van der Waals surface area (Å²) in [6.07, 6.45) is 9.60. The topological polar surface area (TPSA) is 74.6 Å². The van der Waals surface area contributed by atoms with Crippen LogP contribution in [-0.2, 0) is 9.59 Å². The fraction of sp³-hybridized carbons (Fsp3) is 0.667. The lowest BCUT2D eigenvalue weighted by molar-refractivity contribution is -0.134. The van der Waals surface area contributed by atoms with Gasteiger partial charge in [-0.3, -0.25) is 0 Å². The maximum atomic E-state index is 9.55. The van der Waals surface area contributed by atoms with Crippen molar-refractivity contribution in [1.82, 2.24) is 0 Å². The van der Waals surface area contributed by atoms with Gasteiger partial charge in [-0.05, 0) is 0 Å². The molecule has 0 aliphatic carbocycles. The van der Waals surface area contributed by atoms with E-state index in [2.05, 4.69) is 13.8 Å². The van der Waals surface area contributed by atoms with Crippen molar-refractivity contribution in [3.63, 3.8) is 0 Å². The van der Waals surface area contributed by atoms with Gasteiger partial charge >= 0.3 is 11.9 Å². The summed E-state index contributed by atoms with van der Waals surface area (Å²) in [5.41, 5.74) is 0. The summed E-state index contributed by atoms with van der Waals surface area (Å²) in [4.78, 5) is 19.1. The second kappa shape index (κ2) is 13.7. The Morgan fingerprint density at radius 3 is 1.31 bits per heavy atom. The van der Waals surface area contributed by atoms with Gasteiger partial charge in [-0.2, -0.15) is 0 Å². The Kier molecular flexibility index (Phi) is 14.6. The first-order valence-electron chi connectivity index (χ1n) is 5.68. The average molecular weight is 230 g/mol. The molecule has 0 saturated carbocycles. The summed E-state index contributed by atoms with van der Waals surface area (Å²) < 4.78 is 0. The van der Waals surface area contributed by atoms with Gasteiger partial charge in [0.25, 0.3) is 0 Å². The minimum atomic E-state index is -1.26. The van der Waals surface area contributed by atoms with E-state index in [1.807, 2.05) is 0 Å². The molecule has 94 valence electrons. The van der Waals surface area contributed by atoms with E-state index in [1.54, 1.807) is 0 Å². The quantitative estimate of drug-likeness (QED) is 0.520. The molecule has 4 nitrogen and oxygen atoms in total. The minimum absolute atomic E-state index is 0.558. The molecule has 0 aromatic rings. The van der Waals surface area contributed by atoms with Crippen molar-refractivity contribution in [2.75, 3.05) is 0 Å². The van der Waals surface area contributed by atoms with E-state index in [1.165, 1.54) is 38.5 Å². The molecule has 16 heavy (non-hydrogen) atoms. The fourth-order valence-electron chi connectivity index (χ4n) is 0.996. The number of rotatable bonds is 7. The Balaban J connectivity index is 0. The van der Waals surface area contributed by atoms with Gasteiger partial charge in [-0.15, -0.1) is 0 Å². The van der Waals surface area contributed by atoms with Crippen LogP contribution in [0.1, 0.15) is 52.4 Å². The average Bonchev–Trinajstić information content (AvgIpc) is 2.23. The lowest BCUT2D eigenvalue weighted by Crippen LogP contribution is -1.91. The Bertz CT molecular complexity index is 187. The Labute approximate surface area is 97.0 Å². The first-order valence-corrected chi connectivity index (χ1v) is 5.68. The first-order chi connectivity index (χ1) is 7.54. The molecule has 0 heterocycles. The van der Waals surface area contributed by atoms with Crippen LogP contribution in [0.4, 0.5) is 0 Å². The van der Waals surface area contributed by atoms with Crippen LogP contribution < -0.4 is 0 Å². The molecule has 0 aliphatic rings. The second-order valence-electron chi connectivity index (χ2n) is 3.42. The lowest BCUT2D eigenvalue weighted by Gasteiger charge is -1.93. The summed E-state index contributed by atoms with van der Waals surface area (Å²) in [5, 5.41) is 15.6.